The van der Waals surface area contributed by atoms with Gasteiger partial charge in [-0.15, -0.1) is 0 Å². The SMILES string of the molecule is O=S(=O)(NCCC1CCC1)N1CCC(CNC2CC2)CC1. The van der Waals surface area contributed by atoms with Crippen molar-refractivity contribution >= 4 is 10.2 Å². The number of nitrogens with one attached hydrogen (secondary N) is 2. The molecule has 0 unspecified atom stereocenters. The van der Waals surface area contributed by atoms with E-state index in [0.29, 0.717) is 25.6 Å². The first-order chi connectivity index (χ1) is 10.1. The zero-order chi connectivity index (χ0) is 14.7. The molecule has 0 atom stereocenters. The van der Waals surface area contributed by atoms with E-state index in [4.69, 9.17) is 0 Å². The van der Waals surface area contributed by atoms with E-state index >= 15 is 0 Å². The minimum absolute atomic E-state index is 0.607. The van der Waals surface area contributed by atoms with Crippen molar-refractivity contribution in [3.8, 4) is 0 Å². The lowest BCUT2D eigenvalue weighted by Gasteiger charge is -2.32. The molecular formula is C15H29N3O2S. The van der Waals surface area contributed by atoms with Gasteiger partial charge in [0.25, 0.3) is 10.2 Å². The number of rotatable bonds is 8. The van der Waals surface area contributed by atoms with Crippen LogP contribution in [0.4, 0.5) is 0 Å². The summed E-state index contributed by atoms with van der Waals surface area (Å²) in [5, 5.41) is 3.56. The van der Waals surface area contributed by atoms with Gasteiger partial charge in [0.15, 0.2) is 0 Å². The van der Waals surface area contributed by atoms with Crippen LogP contribution >= 0.6 is 0 Å². The molecule has 1 saturated heterocycles. The maximum Gasteiger partial charge on any atom is 0.279 e. The molecule has 122 valence electrons. The Labute approximate surface area is 129 Å². The summed E-state index contributed by atoms with van der Waals surface area (Å²) in [4.78, 5) is 0. The molecular weight excluding hydrogens is 286 g/mol. The Morgan fingerprint density at radius 1 is 0.952 bits per heavy atom. The van der Waals surface area contributed by atoms with E-state index in [1.54, 1.807) is 4.31 Å². The predicted octanol–water partition coefficient (Wildman–Crippen LogP) is 1.47. The third-order valence-corrected chi connectivity index (χ3v) is 6.86. The normalized spacial score (nSPS) is 25.9. The Balaban J connectivity index is 1.35. The van der Waals surface area contributed by atoms with Crippen molar-refractivity contribution in [3.63, 3.8) is 0 Å². The number of nitrogens with zero attached hydrogens (tertiary/aromatic N) is 1. The maximum atomic E-state index is 12.3. The fourth-order valence-electron chi connectivity index (χ4n) is 3.24. The number of hydrogen-bond acceptors (Lipinski definition) is 3. The van der Waals surface area contributed by atoms with E-state index < -0.39 is 10.2 Å². The fourth-order valence-corrected chi connectivity index (χ4v) is 4.49. The van der Waals surface area contributed by atoms with Gasteiger partial charge in [0, 0.05) is 25.7 Å². The molecule has 2 N–H and O–H groups in total. The van der Waals surface area contributed by atoms with Crippen LogP contribution in [-0.2, 0) is 10.2 Å². The van der Waals surface area contributed by atoms with Crippen LogP contribution in [0.3, 0.4) is 0 Å². The second-order valence-electron chi connectivity index (χ2n) is 7.01. The van der Waals surface area contributed by atoms with Gasteiger partial charge in [-0.2, -0.15) is 12.7 Å². The lowest BCUT2D eigenvalue weighted by atomic mass is 9.83. The molecule has 0 aromatic heterocycles. The van der Waals surface area contributed by atoms with Crippen LogP contribution in [0.25, 0.3) is 0 Å². The highest BCUT2D eigenvalue weighted by Crippen LogP contribution is 2.29. The highest BCUT2D eigenvalue weighted by atomic mass is 32.2. The zero-order valence-corrected chi connectivity index (χ0v) is 13.7. The maximum absolute atomic E-state index is 12.3. The topological polar surface area (TPSA) is 61.4 Å². The molecule has 1 heterocycles. The van der Waals surface area contributed by atoms with Gasteiger partial charge in [0.1, 0.15) is 0 Å². The van der Waals surface area contributed by atoms with E-state index in [1.165, 1.54) is 32.1 Å². The van der Waals surface area contributed by atoms with Gasteiger partial charge in [-0.1, -0.05) is 19.3 Å². The van der Waals surface area contributed by atoms with Crippen LogP contribution in [0.15, 0.2) is 0 Å². The number of hydrogen-bond donors (Lipinski definition) is 2. The van der Waals surface area contributed by atoms with Crippen molar-refractivity contribution in [2.75, 3.05) is 26.2 Å². The van der Waals surface area contributed by atoms with Crippen molar-refractivity contribution in [1.29, 1.82) is 0 Å². The summed E-state index contributed by atoms with van der Waals surface area (Å²) in [6.07, 6.45) is 9.49. The Kier molecular flexibility index (Phi) is 5.19. The van der Waals surface area contributed by atoms with Gasteiger partial charge < -0.3 is 5.32 Å². The summed E-state index contributed by atoms with van der Waals surface area (Å²) >= 11 is 0. The molecule has 0 bridgehead atoms. The standard InChI is InChI=1S/C15H29N3O2S/c19-21(20,17-9-6-13-2-1-3-13)18-10-7-14(8-11-18)12-16-15-4-5-15/h13-17H,1-12H2. The number of piperidine rings is 1. The second-order valence-corrected chi connectivity index (χ2v) is 8.77. The minimum Gasteiger partial charge on any atom is -0.314 e. The van der Waals surface area contributed by atoms with Crippen molar-refractivity contribution in [2.45, 2.75) is 57.4 Å². The van der Waals surface area contributed by atoms with Crippen LogP contribution in [0.1, 0.15) is 51.4 Å². The Morgan fingerprint density at radius 3 is 2.24 bits per heavy atom. The third kappa shape index (κ3) is 4.65. The van der Waals surface area contributed by atoms with Gasteiger partial charge in [0.05, 0.1) is 0 Å². The molecule has 3 aliphatic rings. The van der Waals surface area contributed by atoms with Crippen molar-refractivity contribution in [2.24, 2.45) is 11.8 Å². The fraction of sp³-hybridized carbons (Fsp3) is 1.00. The molecule has 1 aliphatic heterocycles. The summed E-state index contributed by atoms with van der Waals surface area (Å²) in [5.41, 5.74) is 0. The molecule has 0 spiro atoms. The molecule has 2 aliphatic carbocycles. The van der Waals surface area contributed by atoms with Crippen LogP contribution in [0.2, 0.25) is 0 Å². The first kappa shape index (κ1) is 15.7. The van der Waals surface area contributed by atoms with E-state index in [9.17, 15) is 8.42 Å². The highest BCUT2D eigenvalue weighted by Gasteiger charge is 2.29. The van der Waals surface area contributed by atoms with Crippen molar-refractivity contribution in [1.82, 2.24) is 14.3 Å². The van der Waals surface area contributed by atoms with E-state index in [2.05, 4.69) is 10.0 Å². The molecule has 6 heteroatoms. The molecule has 0 radical (unpaired) electrons. The molecule has 2 saturated carbocycles. The molecule has 5 nitrogen and oxygen atoms in total. The monoisotopic (exact) mass is 315 g/mol. The molecule has 0 amide bonds. The van der Waals surface area contributed by atoms with Gasteiger partial charge in [0.2, 0.25) is 0 Å². The first-order valence-electron chi connectivity index (χ1n) is 8.61. The second kappa shape index (κ2) is 6.94. The van der Waals surface area contributed by atoms with Crippen LogP contribution < -0.4 is 10.0 Å². The Morgan fingerprint density at radius 2 is 1.67 bits per heavy atom. The third-order valence-electron chi connectivity index (χ3n) is 5.25. The minimum atomic E-state index is -3.24. The Hall–Kier alpha value is -0.170. The van der Waals surface area contributed by atoms with Gasteiger partial charge >= 0.3 is 0 Å². The summed E-state index contributed by atoms with van der Waals surface area (Å²) in [5.74, 6) is 1.40. The largest absolute Gasteiger partial charge is 0.314 e. The summed E-state index contributed by atoms with van der Waals surface area (Å²) in [6, 6.07) is 0.750. The van der Waals surface area contributed by atoms with Gasteiger partial charge in [-0.3, -0.25) is 0 Å². The summed E-state index contributed by atoms with van der Waals surface area (Å²) < 4.78 is 28.9. The van der Waals surface area contributed by atoms with Gasteiger partial charge in [-0.25, -0.2) is 4.72 Å². The predicted molar refractivity (Wildman–Crippen MR) is 84.2 cm³/mol. The average Bonchev–Trinajstić information content (AvgIpc) is 3.24. The van der Waals surface area contributed by atoms with Crippen LogP contribution in [-0.4, -0.2) is 44.9 Å². The van der Waals surface area contributed by atoms with Gasteiger partial charge in [-0.05, 0) is 50.5 Å². The zero-order valence-electron chi connectivity index (χ0n) is 12.9. The molecule has 3 rings (SSSR count). The summed E-state index contributed by atoms with van der Waals surface area (Å²) in [7, 11) is -3.24. The lowest BCUT2D eigenvalue weighted by Crippen LogP contribution is -2.46. The Bertz CT molecular complexity index is 424. The smallest absolute Gasteiger partial charge is 0.279 e. The van der Waals surface area contributed by atoms with Crippen molar-refractivity contribution in [3.05, 3.63) is 0 Å². The molecule has 0 aromatic carbocycles. The lowest BCUT2D eigenvalue weighted by molar-refractivity contribution is 0.262. The average molecular weight is 315 g/mol. The summed E-state index contributed by atoms with van der Waals surface area (Å²) in [6.45, 7) is 3.02. The van der Waals surface area contributed by atoms with E-state index in [1.807, 2.05) is 0 Å². The molecule has 21 heavy (non-hydrogen) atoms. The molecule has 0 aromatic rings. The molecule has 3 fully saturated rings. The quantitative estimate of drug-likeness (QED) is 0.713. The van der Waals surface area contributed by atoms with E-state index in [0.717, 1.165) is 37.8 Å². The first-order valence-corrected chi connectivity index (χ1v) is 10.1. The van der Waals surface area contributed by atoms with E-state index in [-0.39, 0.29) is 0 Å². The highest BCUT2D eigenvalue weighted by molar-refractivity contribution is 7.87. The van der Waals surface area contributed by atoms with Crippen molar-refractivity contribution < 1.29 is 8.42 Å². The van der Waals surface area contributed by atoms with Crippen LogP contribution in [0, 0.1) is 11.8 Å². The van der Waals surface area contributed by atoms with Crippen LogP contribution in [0.5, 0.6) is 0 Å².